The number of hydrogen-bond acceptors (Lipinski definition) is 7. The van der Waals surface area contributed by atoms with Gasteiger partial charge in [-0.3, -0.25) is 0 Å². The van der Waals surface area contributed by atoms with Gasteiger partial charge in [-0.05, 0) is 39.5 Å². The van der Waals surface area contributed by atoms with Gasteiger partial charge in [-0.25, -0.2) is 9.59 Å². The molecular formula is C21H30O7. The fourth-order valence-electron chi connectivity index (χ4n) is 5.12. The zero-order valence-corrected chi connectivity index (χ0v) is 17.4. The summed E-state index contributed by atoms with van der Waals surface area (Å²) in [5.74, 6) is -2.74. The van der Waals surface area contributed by atoms with Gasteiger partial charge in [0.1, 0.15) is 11.7 Å². The van der Waals surface area contributed by atoms with Crippen molar-refractivity contribution in [3.8, 4) is 0 Å². The summed E-state index contributed by atoms with van der Waals surface area (Å²) in [6.07, 6.45) is 0.584. The summed E-state index contributed by atoms with van der Waals surface area (Å²) in [7, 11) is 1.38. The van der Waals surface area contributed by atoms with E-state index in [2.05, 4.69) is 0 Å². The molecule has 3 aliphatic rings. The highest BCUT2D eigenvalue weighted by Crippen LogP contribution is 2.62. The number of hydrogen-bond donors (Lipinski definition) is 2. The number of aliphatic hydroxyl groups is 2. The summed E-state index contributed by atoms with van der Waals surface area (Å²) in [5, 5.41) is 23.3. The lowest BCUT2D eigenvalue weighted by Gasteiger charge is -2.62. The van der Waals surface area contributed by atoms with Gasteiger partial charge in [-0.1, -0.05) is 19.9 Å². The summed E-state index contributed by atoms with van der Waals surface area (Å²) in [4.78, 5) is 24.7. The van der Waals surface area contributed by atoms with Crippen LogP contribution in [0.5, 0.6) is 0 Å². The summed E-state index contributed by atoms with van der Waals surface area (Å²) in [6, 6.07) is 0. The first-order valence-corrected chi connectivity index (χ1v) is 9.72. The molecule has 0 radical (unpaired) electrons. The molecule has 2 N–H and O–H groups in total. The molecule has 0 amide bonds. The molecule has 28 heavy (non-hydrogen) atoms. The van der Waals surface area contributed by atoms with Crippen LogP contribution in [0, 0.1) is 11.3 Å². The first-order chi connectivity index (χ1) is 13.0. The molecule has 1 heterocycles. The van der Waals surface area contributed by atoms with Crippen LogP contribution < -0.4 is 0 Å². The maximum Gasteiger partial charge on any atom is 0.336 e. The molecule has 0 aromatic heterocycles. The molecule has 2 saturated carbocycles. The summed E-state index contributed by atoms with van der Waals surface area (Å²) in [6.45, 7) is 8.72. The number of fused-ring (bicyclic) bond motifs is 2. The van der Waals surface area contributed by atoms with E-state index in [1.54, 1.807) is 33.8 Å². The molecule has 7 heteroatoms. The second-order valence-electron chi connectivity index (χ2n) is 8.52. The Morgan fingerprint density at radius 1 is 1.36 bits per heavy atom. The molecule has 0 spiro atoms. The fraction of sp³-hybridized carbons (Fsp3) is 0.714. The summed E-state index contributed by atoms with van der Waals surface area (Å²) >= 11 is 0. The number of ether oxygens (including phenoxy) is 3. The van der Waals surface area contributed by atoms with E-state index in [9.17, 15) is 19.8 Å². The molecule has 0 bridgehead atoms. The van der Waals surface area contributed by atoms with Gasteiger partial charge in [0, 0.05) is 29.2 Å². The molecule has 0 aromatic rings. The third-order valence-electron chi connectivity index (χ3n) is 7.41. The van der Waals surface area contributed by atoms with Crippen LogP contribution in [0.15, 0.2) is 22.8 Å². The van der Waals surface area contributed by atoms with E-state index in [1.807, 2.05) is 6.92 Å². The van der Waals surface area contributed by atoms with Crippen molar-refractivity contribution >= 4 is 11.9 Å². The largest absolute Gasteiger partial charge is 0.456 e. The lowest BCUT2D eigenvalue weighted by Crippen LogP contribution is -2.73. The molecule has 6 atom stereocenters. The van der Waals surface area contributed by atoms with Gasteiger partial charge < -0.3 is 24.4 Å². The number of esters is 2. The van der Waals surface area contributed by atoms with Crippen LogP contribution in [0.1, 0.15) is 53.9 Å². The predicted octanol–water partition coefficient (Wildman–Crippen LogP) is 2.01. The monoisotopic (exact) mass is 394 g/mol. The molecule has 0 unspecified atom stereocenters. The molecule has 156 valence electrons. The Kier molecular flexibility index (Phi) is 5.01. The molecule has 1 aliphatic heterocycles. The van der Waals surface area contributed by atoms with E-state index in [0.717, 1.165) is 0 Å². The Balaban J connectivity index is 2.12. The van der Waals surface area contributed by atoms with E-state index in [1.165, 1.54) is 7.11 Å². The van der Waals surface area contributed by atoms with Crippen LogP contribution in [-0.4, -0.2) is 52.9 Å². The SMILES string of the molecule is C/C=C(/C)C(=O)O[C@@H]1CC[C@H](C)[C@@]2(C)[C@H](O)C3=C(C)C(=O)O[C@]3(OC)C[C@]12O. The quantitative estimate of drug-likeness (QED) is 0.558. The third kappa shape index (κ3) is 2.52. The first kappa shape index (κ1) is 21.0. The minimum absolute atomic E-state index is 0.0869. The highest BCUT2D eigenvalue weighted by molar-refractivity contribution is 5.92. The second kappa shape index (κ2) is 6.68. The van der Waals surface area contributed by atoms with Crippen LogP contribution in [0.25, 0.3) is 0 Å². The topological polar surface area (TPSA) is 102 Å². The Bertz CT molecular complexity index is 769. The lowest BCUT2D eigenvalue weighted by molar-refractivity contribution is -0.305. The summed E-state index contributed by atoms with van der Waals surface area (Å²) < 4.78 is 16.7. The van der Waals surface area contributed by atoms with Crippen molar-refractivity contribution in [1.82, 2.24) is 0 Å². The fourth-order valence-corrected chi connectivity index (χ4v) is 5.12. The maximum atomic E-state index is 12.4. The highest BCUT2D eigenvalue weighted by atomic mass is 16.7. The van der Waals surface area contributed by atoms with Crippen molar-refractivity contribution in [2.24, 2.45) is 11.3 Å². The van der Waals surface area contributed by atoms with Crippen molar-refractivity contribution in [3.63, 3.8) is 0 Å². The number of rotatable bonds is 3. The van der Waals surface area contributed by atoms with Crippen molar-refractivity contribution in [3.05, 3.63) is 22.8 Å². The number of methoxy groups -OCH3 is 1. The van der Waals surface area contributed by atoms with Gasteiger partial charge in [0.05, 0.1) is 12.5 Å². The van der Waals surface area contributed by atoms with E-state index in [4.69, 9.17) is 14.2 Å². The second-order valence-corrected chi connectivity index (χ2v) is 8.52. The Labute approximate surface area is 165 Å². The normalized spacial score (nSPS) is 43.4. The zero-order valence-electron chi connectivity index (χ0n) is 17.4. The van der Waals surface area contributed by atoms with Gasteiger partial charge >= 0.3 is 11.9 Å². The van der Waals surface area contributed by atoms with Gasteiger partial charge in [0.2, 0.25) is 5.79 Å². The van der Waals surface area contributed by atoms with Gasteiger partial charge in [-0.2, -0.15) is 0 Å². The molecular weight excluding hydrogens is 364 g/mol. The minimum Gasteiger partial charge on any atom is -0.456 e. The average Bonchev–Trinajstić information content (AvgIpc) is 2.91. The average molecular weight is 394 g/mol. The Hall–Kier alpha value is -1.70. The Morgan fingerprint density at radius 3 is 2.57 bits per heavy atom. The standard InChI is InChI=1S/C21H30O7/c1-7-11(2)17(23)27-14-9-8-12(3)19(5)16(22)15-13(4)18(24)28-21(15,26-6)10-20(14,19)25/h7,12,14,16,22,25H,8-10H2,1-6H3/b11-7-/t12-,14+,16+,19-,20-,21+/m0/s1. The van der Waals surface area contributed by atoms with Crippen LogP contribution >= 0.6 is 0 Å². The number of carbonyl (C=O) groups excluding carboxylic acids is 2. The van der Waals surface area contributed by atoms with Gasteiger partial charge in [0.15, 0.2) is 0 Å². The van der Waals surface area contributed by atoms with E-state index >= 15 is 0 Å². The molecule has 2 aliphatic carbocycles. The van der Waals surface area contributed by atoms with Gasteiger partial charge in [0.25, 0.3) is 0 Å². The molecule has 0 aromatic carbocycles. The van der Waals surface area contributed by atoms with Crippen LogP contribution in [-0.2, 0) is 23.8 Å². The van der Waals surface area contributed by atoms with Crippen LogP contribution in [0.4, 0.5) is 0 Å². The smallest absolute Gasteiger partial charge is 0.336 e. The predicted molar refractivity (Wildman–Crippen MR) is 99.9 cm³/mol. The van der Waals surface area contributed by atoms with Crippen molar-refractivity contribution in [2.75, 3.05) is 7.11 Å². The number of allylic oxidation sites excluding steroid dienone is 1. The Morgan fingerprint density at radius 2 is 2.00 bits per heavy atom. The lowest BCUT2D eigenvalue weighted by atomic mass is 9.48. The van der Waals surface area contributed by atoms with Crippen molar-refractivity contribution < 1.29 is 34.0 Å². The zero-order chi connectivity index (χ0) is 21.1. The number of carbonyl (C=O) groups is 2. The third-order valence-corrected chi connectivity index (χ3v) is 7.41. The van der Waals surface area contributed by atoms with Crippen molar-refractivity contribution in [1.29, 1.82) is 0 Å². The van der Waals surface area contributed by atoms with Crippen molar-refractivity contribution in [2.45, 2.75) is 77.5 Å². The molecule has 0 saturated heterocycles. The van der Waals surface area contributed by atoms with E-state index < -0.39 is 40.9 Å². The van der Waals surface area contributed by atoms with E-state index in [-0.39, 0.29) is 12.3 Å². The first-order valence-electron chi connectivity index (χ1n) is 9.72. The van der Waals surface area contributed by atoms with E-state index in [0.29, 0.717) is 29.6 Å². The highest BCUT2D eigenvalue weighted by Gasteiger charge is 2.72. The van der Waals surface area contributed by atoms with Crippen LogP contribution in [0.2, 0.25) is 0 Å². The van der Waals surface area contributed by atoms with Gasteiger partial charge in [-0.15, -0.1) is 0 Å². The molecule has 2 fully saturated rings. The maximum absolute atomic E-state index is 12.4. The molecule has 7 nitrogen and oxygen atoms in total. The minimum atomic E-state index is -1.64. The number of aliphatic hydroxyl groups excluding tert-OH is 1. The van der Waals surface area contributed by atoms with Crippen LogP contribution in [0.3, 0.4) is 0 Å². The summed E-state index contributed by atoms with van der Waals surface area (Å²) in [5.41, 5.74) is -1.60. The molecule has 3 rings (SSSR count).